The highest BCUT2D eigenvalue weighted by Crippen LogP contribution is 2.29. The van der Waals surface area contributed by atoms with Crippen LogP contribution in [0.2, 0.25) is 0 Å². The average molecular weight is 247 g/mol. The Labute approximate surface area is 108 Å². The van der Waals surface area contributed by atoms with Crippen molar-refractivity contribution in [2.24, 2.45) is 0 Å². The van der Waals surface area contributed by atoms with Crippen molar-refractivity contribution in [3.63, 3.8) is 0 Å². The molecule has 4 nitrogen and oxygen atoms in total. The highest BCUT2D eigenvalue weighted by atomic mass is 16.2. The maximum Gasteiger partial charge on any atom is 0.222 e. The molecule has 1 aromatic heterocycles. The molecule has 0 N–H and O–H groups in total. The molecule has 2 heterocycles. The third kappa shape index (κ3) is 2.68. The summed E-state index contributed by atoms with van der Waals surface area (Å²) in [4.78, 5) is 23.0. The molecule has 0 unspecified atom stereocenters. The van der Waals surface area contributed by atoms with Crippen molar-refractivity contribution < 1.29 is 4.79 Å². The van der Waals surface area contributed by atoms with Gasteiger partial charge in [-0.25, -0.2) is 9.97 Å². The minimum Gasteiger partial charge on any atom is -0.332 e. The van der Waals surface area contributed by atoms with Crippen LogP contribution in [0.1, 0.15) is 55.9 Å². The number of likely N-dealkylation sites (tertiary alicyclic amines) is 1. The van der Waals surface area contributed by atoms with Crippen molar-refractivity contribution >= 4 is 5.91 Å². The van der Waals surface area contributed by atoms with Gasteiger partial charge in [-0.3, -0.25) is 4.79 Å². The molecule has 0 radical (unpaired) electrons. The van der Waals surface area contributed by atoms with E-state index in [1.807, 2.05) is 31.7 Å². The lowest BCUT2D eigenvalue weighted by molar-refractivity contribution is -0.134. The van der Waals surface area contributed by atoms with Crippen LogP contribution in [0.15, 0.2) is 6.07 Å². The maximum absolute atomic E-state index is 12.0. The number of carbonyl (C=O) groups excluding carboxylic acids is 1. The first-order valence-electron chi connectivity index (χ1n) is 6.73. The van der Waals surface area contributed by atoms with Gasteiger partial charge in [-0.05, 0) is 39.2 Å². The molecule has 1 atom stereocenters. The van der Waals surface area contributed by atoms with Crippen LogP contribution < -0.4 is 0 Å². The smallest absolute Gasteiger partial charge is 0.222 e. The second kappa shape index (κ2) is 5.46. The fourth-order valence-electron chi connectivity index (χ4n) is 2.60. The molecule has 0 bridgehead atoms. The van der Waals surface area contributed by atoms with Crippen LogP contribution in [0.5, 0.6) is 0 Å². The Bertz CT molecular complexity index is 424. The van der Waals surface area contributed by atoms with Gasteiger partial charge in [-0.2, -0.15) is 0 Å². The quantitative estimate of drug-likeness (QED) is 0.807. The van der Waals surface area contributed by atoms with Crippen LogP contribution in [-0.2, 0) is 4.79 Å². The summed E-state index contributed by atoms with van der Waals surface area (Å²) in [5.74, 6) is 1.02. The van der Waals surface area contributed by atoms with Gasteiger partial charge in [0.2, 0.25) is 5.91 Å². The number of piperidine rings is 1. The van der Waals surface area contributed by atoms with E-state index in [1.54, 1.807) is 0 Å². The minimum absolute atomic E-state index is 0.0739. The van der Waals surface area contributed by atoms with Crippen LogP contribution in [-0.4, -0.2) is 27.3 Å². The zero-order valence-electron chi connectivity index (χ0n) is 11.4. The summed E-state index contributed by atoms with van der Waals surface area (Å²) in [6.45, 7) is 6.71. The monoisotopic (exact) mass is 247 g/mol. The van der Waals surface area contributed by atoms with Crippen LogP contribution in [0, 0.1) is 13.8 Å². The third-order valence-electron chi connectivity index (χ3n) is 3.42. The Morgan fingerprint density at radius 1 is 1.33 bits per heavy atom. The molecule has 98 valence electrons. The van der Waals surface area contributed by atoms with Crippen LogP contribution >= 0.6 is 0 Å². The molecule has 1 aliphatic rings. The Hall–Kier alpha value is -1.45. The number of aryl methyl sites for hydroxylation is 2. The van der Waals surface area contributed by atoms with Gasteiger partial charge in [0.25, 0.3) is 0 Å². The highest BCUT2D eigenvalue weighted by Gasteiger charge is 2.29. The summed E-state index contributed by atoms with van der Waals surface area (Å²) in [6.07, 6.45) is 3.78. The number of nitrogens with zero attached hydrogens (tertiary/aromatic N) is 3. The predicted octanol–water partition coefficient (Wildman–Crippen LogP) is 2.56. The van der Waals surface area contributed by atoms with Gasteiger partial charge in [0.05, 0.1) is 6.04 Å². The van der Waals surface area contributed by atoms with Gasteiger partial charge in [-0.1, -0.05) is 6.92 Å². The molecular weight excluding hydrogens is 226 g/mol. The van der Waals surface area contributed by atoms with E-state index in [-0.39, 0.29) is 11.9 Å². The summed E-state index contributed by atoms with van der Waals surface area (Å²) < 4.78 is 0. The standard InChI is InChI=1S/C14H21N3O/c1-4-13(18)17-8-6-5-7-12(17)14-15-10(2)9-11(3)16-14/h9,12H,4-8H2,1-3H3/t12-/m1/s1. The Morgan fingerprint density at radius 3 is 2.61 bits per heavy atom. The molecule has 4 heteroatoms. The topological polar surface area (TPSA) is 46.1 Å². The van der Waals surface area contributed by atoms with Gasteiger partial charge in [0, 0.05) is 24.4 Å². The molecule has 0 saturated carbocycles. The van der Waals surface area contributed by atoms with Crippen LogP contribution in [0.4, 0.5) is 0 Å². The largest absolute Gasteiger partial charge is 0.332 e. The molecule has 1 amide bonds. The van der Waals surface area contributed by atoms with Crippen molar-refractivity contribution in [2.45, 2.75) is 52.5 Å². The lowest BCUT2D eigenvalue weighted by Gasteiger charge is -2.34. The second-order valence-corrected chi connectivity index (χ2v) is 4.96. The van der Waals surface area contributed by atoms with Crippen molar-refractivity contribution in [1.82, 2.24) is 14.9 Å². The number of rotatable bonds is 2. The maximum atomic E-state index is 12.0. The zero-order valence-corrected chi connectivity index (χ0v) is 11.4. The van der Waals surface area contributed by atoms with Gasteiger partial charge < -0.3 is 4.90 Å². The predicted molar refractivity (Wildman–Crippen MR) is 70.1 cm³/mol. The fourth-order valence-corrected chi connectivity index (χ4v) is 2.60. The van der Waals surface area contributed by atoms with E-state index < -0.39 is 0 Å². The van der Waals surface area contributed by atoms with E-state index >= 15 is 0 Å². The summed E-state index contributed by atoms with van der Waals surface area (Å²) >= 11 is 0. The van der Waals surface area contributed by atoms with E-state index in [0.29, 0.717) is 6.42 Å². The van der Waals surface area contributed by atoms with E-state index in [2.05, 4.69) is 9.97 Å². The van der Waals surface area contributed by atoms with E-state index in [9.17, 15) is 4.79 Å². The number of carbonyl (C=O) groups is 1. The molecule has 1 saturated heterocycles. The fraction of sp³-hybridized carbons (Fsp3) is 0.643. The molecule has 0 aliphatic carbocycles. The zero-order chi connectivity index (χ0) is 13.1. The van der Waals surface area contributed by atoms with Gasteiger partial charge >= 0.3 is 0 Å². The number of hydrogen-bond acceptors (Lipinski definition) is 3. The Kier molecular flexibility index (Phi) is 3.94. The molecular formula is C14H21N3O. The molecule has 1 aliphatic heterocycles. The summed E-state index contributed by atoms with van der Waals surface area (Å²) in [5, 5.41) is 0. The van der Waals surface area contributed by atoms with E-state index in [0.717, 1.165) is 43.0 Å². The Morgan fingerprint density at radius 2 is 2.00 bits per heavy atom. The van der Waals surface area contributed by atoms with Crippen molar-refractivity contribution in [3.05, 3.63) is 23.3 Å². The lowest BCUT2D eigenvalue weighted by atomic mass is 10.0. The number of aromatic nitrogens is 2. The molecule has 1 aromatic rings. The van der Waals surface area contributed by atoms with Gasteiger partial charge in [0.15, 0.2) is 5.82 Å². The minimum atomic E-state index is 0.0739. The van der Waals surface area contributed by atoms with Crippen molar-refractivity contribution in [2.75, 3.05) is 6.54 Å². The SMILES string of the molecule is CCC(=O)N1CCCC[C@@H]1c1nc(C)cc(C)n1. The Balaban J connectivity index is 2.30. The van der Waals surface area contributed by atoms with Crippen LogP contribution in [0.25, 0.3) is 0 Å². The molecule has 0 spiro atoms. The summed E-state index contributed by atoms with van der Waals surface area (Å²) in [6, 6.07) is 2.04. The average Bonchev–Trinajstić information content (AvgIpc) is 2.36. The first-order valence-corrected chi connectivity index (χ1v) is 6.73. The number of hydrogen-bond donors (Lipinski definition) is 0. The lowest BCUT2D eigenvalue weighted by Crippen LogP contribution is -2.39. The molecule has 1 fully saturated rings. The third-order valence-corrected chi connectivity index (χ3v) is 3.42. The van der Waals surface area contributed by atoms with E-state index in [1.165, 1.54) is 0 Å². The number of amides is 1. The van der Waals surface area contributed by atoms with Crippen molar-refractivity contribution in [3.8, 4) is 0 Å². The summed E-state index contributed by atoms with van der Waals surface area (Å²) in [7, 11) is 0. The normalized spacial score (nSPS) is 19.9. The molecule has 0 aromatic carbocycles. The summed E-state index contributed by atoms with van der Waals surface area (Å²) in [5.41, 5.74) is 1.96. The van der Waals surface area contributed by atoms with Crippen LogP contribution in [0.3, 0.4) is 0 Å². The molecule has 18 heavy (non-hydrogen) atoms. The van der Waals surface area contributed by atoms with E-state index in [4.69, 9.17) is 0 Å². The first-order chi connectivity index (χ1) is 8.61. The van der Waals surface area contributed by atoms with Gasteiger partial charge in [0.1, 0.15) is 0 Å². The van der Waals surface area contributed by atoms with Crippen molar-refractivity contribution in [1.29, 1.82) is 0 Å². The first kappa shape index (κ1) is 13.0. The second-order valence-electron chi connectivity index (χ2n) is 4.96. The molecule has 2 rings (SSSR count). The highest BCUT2D eigenvalue weighted by molar-refractivity contribution is 5.76. The van der Waals surface area contributed by atoms with Gasteiger partial charge in [-0.15, -0.1) is 0 Å².